The van der Waals surface area contributed by atoms with Crippen LogP contribution in [-0.4, -0.2) is 8.56 Å². The zero-order valence-electron chi connectivity index (χ0n) is 13.8. The van der Waals surface area contributed by atoms with Gasteiger partial charge < -0.3 is 8.85 Å². The van der Waals surface area contributed by atoms with Crippen molar-refractivity contribution in [2.75, 3.05) is 0 Å². The van der Waals surface area contributed by atoms with Crippen molar-refractivity contribution in [3.8, 4) is 11.5 Å². The molecule has 0 heterocycles. The molecule has 2 aromatic carbocycles. The number of benzene rings is 2. The van der Waals surface area contributed by atoms with Crippen molar-refractivity contribution >= 4 is 24.5 Å². The normalized spacial score (nSPS) is 11.8. The van der Waals surface area contributed by atoms with E-state index in [9.17, 15) is 4.39 Å². The highest BCUT2D eigenvalue weighted by Crippen LogP contribution is 2.38. The smallest absolute Gasteiger partial charge is 0.465 e. The molecule has 0 aliphatic heterocycles. The molecule has 0 fully saturated rings. The highest BCUT2D eigenvalue weighted by Gasteiger charge is 2.49. The van der Waals surface area contributed by atoms with Gasteiger partial charge in [-0.2, -0.15) is 0 Å². The van der Waals surface area contributed by atoms with Crippen molar-refractivity contribution in [1.82, 2.24) is 0 Å². The van der Waals surface area contributed by atoms with E-state index in [0.717, 1.165) is 10.2 Å². The van der Waals surface area contributed by atoms with Crippen LogP contribution in [0.4, 0.5) is 4.39 Å². The molecule has 0 saturated carbocycles. The van der Waals surface area contributed by atoms with Gasteiger partial charge in [0.2, 0.25) is 0 Å². The van der Waals surface area contributed by atoms with Gasteiger partial charge in [-0.25, -0.2) is 4.39 Å². The minimum absolute atomic E-state index is 0.222. The highest BCUT2D eigenvalue weighted by atomic mass is 79.9. The van der Waals surface area contributed by atoms with Crippen molar-refractivity contribution in [1.29, 1.82) is 0 Å². The molecule has 23 heavy (non-hydrogen) atoms. The Hall–Kier alpha value is -1.33. The van der Waals surface area contributed by atoms with Crippen LogP contribution in [0.15, 0.2) is 53.0 Å². The summed E-state index contributed by atoms with van der Waals surface area (Å²) >= 11 is 3.53. The van der Waals surface area contributed by atoms with Crippen molar-refractivity contribution in [2.45, 2.75) is 38.8 Å². The first-order valence-corrected chi connectivity index (χ1v) is 10.5. The van der Waals surface area contributed by atoms with E-state index in [4.69, 9.17) is 8.85 Å². The zero-order valence-corrected chi connectivity index (χ0v) is 16.4. The van der Waals surface area contributed by atoms with E-state index < -0.39 is 8.56 Å². The van der Waals surface area contributed by atoms with E-state index in [-0.39, 0.29) is 16.9 Å². The maximum absolute atomic E-state index is 13.2. The van der Waals surface area contributed by atoms with Crippen LogP contribution in [0.1, 0.15) is 27.7 Å². The zero-order chi connectivity index (χ0) is 17.0. The van der Waals surface area contributed by atoms with Crippen LogP contribution in [0, 0.1) is 5.82 Å². The Morgan fingerprint density at radius 2 is 1.43 bits per heavy atom. The van der Waals surface area contributed by atoms with E-state index in [2.05, 4.69) is 43.6 Å². The minimum atomic E-state index is -2.63. The number of rotatable bonds is 6. The molecule has 0 aromatic heterocycles. The third-order valence-electron chi connectivity index (χ3n) is 3.81. The summed E-state index contributed by atoms with van der Waals surface area (Å²) in [5.41, 5.74) is 0.444. The van der Waals surface area contributed by atoms with Crippen LogP contribution >= 0.6 is 15.9 Å². The lowest BCUT2D eigenvalue weighted by Crippen LogP contribution is -2.54. The van der Waals surface area contributed by atoms with Gasteiger partial charge in [0.25, 0.3) is 0 Å². The fourth-order valence-electron chi connectivity index (χ4n) is 2.55. The Morgan fingerprint density at radius 3 is 1.96 bits per heavy atom. The van der Waals surface area contributed by atoms with Gasteiger partial charge in [0.1, 0.15) is 17.3 Å². The average molecular weight is 397 g/mol. The van der Waals surface area contributed by atoms with E-state index >= 15 is 0 Å². The van der Waals surface area contributed by atoms with E-state index in [1.54, 1.807) is 12.1 Å². The van der Waals surface area contributed by atoms with Crippen LogP contribution in [-0.2, 0) is 0 Å². The summed E-state index contributed by atoms with van der Waals surface area (Å²) in [4.78, 5) is 0. The number of para-hydroxylation sites is 1. The quantitative estimate of drug-likeness (QED) is 0.532. The molecule has 124 valence electrons. The lowest BCUT2D eigenvalue weighted by molar-refractivity contribution is 0.349. The van der Waals surface area contributed by atoms with Crippen molar-refractivity contribution in [3.63, 3.8) is 0 Å². The molecule has 0 spiro atoms. The van der Waals surface area contributed by atoms with Gasteiger partial charge in [-0.15, -0.1) is 0 Å². The summed E-state index contributed by atoms with van der Waals surface area (Å²) < 4.78 is 26.9. The molecule has 0 bridgehead atoms. The van der Waals surface area contributed by atoms with Gasteiger partial charge in [-0.3, -0.25) is 0 Å². The predicted octanol–water partition coefficient (Wildman–Crippen LogP) is 6.31. The molecule has 2 nitrogen and oxygen atoms in total. The summed E-state index contributed by atoms with van der Waals surface area (Å²) in [7, 11) is -2.63. The second-order valence-corrected chi connectivity index (χ2v) is 11.1. The molecule has 0 saturated heterocycles. The van der Waals surface area contributed by atoms with Crippen molar-refractivity contribution < 1.29 is 13.2 Å². The van der Waals surface area contributed by atoms with Crippen LogP contribution in [0.2, 0.25) is 11.1 Å². The highest BCUT2D eigenvalue weighted by molar-refractivity contribution is 9.10. The molecule has 0 aliphatic carbocycles. The fourth-order valence-corrected chi connectivity index (χ4v) is 6.40. The molecule has 5 heteroatoms. The molecule has 0 radical (unpaired) electrons. The average Bonchev–Trinajstić information content (AvgIpc) is 2.50. The van der Waals surface area contributed by atoms with Gasteiger partial charge in [-0.05, 0) is 52.3 Å². The fraction of sp³-hybridized carbons (Fsp3) is 0.333. The number of halogens is 2. The predicted molar refractivity (Wildman–Crippen MR) is 97.7 cm³/mol. The Labute approximate surface area is 147 Å². The van der Waals surface area contributed by atoms with Gasteiger partial charge in [0, 0.05) is 11.1 Å². The summed E-state index contributed by atoms with van der Waals surface area (Å²) in [5.74, 6) is 1.15. The van der Waals surface area contributed by atoms with E-state index in [0.29, 0.717) is 5.75 Å². The monoisotopic (exact) mass is 396 g/mol. The number of hydrogen-bond acceptors (Lipinski definition) is 2. The van der Waals surface area contributed by atoms with Gasteiger partial charge in [0.15, 0.2) is 0 Å². The van der Waals surface area contributed by atoms with Crippen molar-refractivity contribution in [3.05, 3.63) is 58.8 Å². The van der Waals surface area contributed by atoms with E-state index in [1.165, 1.54) is 12.1 Å². The Kier molecular flexibility index (Phi) is 5.87. The molecule has 2 rings (SSSR count). The Morgan fingerprint density at radius 1 is 0.870 bits per heavy atom. The molecule has 0 amide bonds. The van der Waals surface area contributed by atoms with Gasteiger partial charge >= 0.3 is 8.56 Å². The van der Waals surface area contributed by atoms with Gasteiger partial charge in [-0.1, -0.05) is 39.8 Å². The first-order valence-electron chi connectivity index (χ1n) is 7.73. The third-order valence-corrected chi connectivity index (χ3v) is 8.77. The maximum atomic E-state index is 13.2. The second-order valence-electron chi connectivity index (χ2n) is 6.12. The standard InChI is InChI=1S/C18H22BrFO2Si/c1-13(2)23(14(3)4,21-16-11-9-15(20)10-12-16)22-18-8-6-5-7-17(18)19/h5-14H,1-4H3. The third kappa shape index (κ3) is 4.15. The molecule has 0 atom stereocenters. The summed E-state index contributed by atoms with van der Waals surface area (Å²) in [6.45, 7) is 8.47. The SMILES string of the molecule is CC(C)[Si](Oc1ccc(F)cc1)(Oc1ccccc1Br)C(C)C. The van der Waals surface area contributed by atoms with Crippen molar-refractivity contribution in [2.24, 2.45) is 0 Å². The maximum Gasteiger partial charge on any atom is 0.465 e. The molecular weight excluding hydrogens is 375 g/mol. The lowest BCUT2D eigenvalue weighted by atomic mass is 10.3. The van der Waals surface area contributed by atoms with E-state index in [1.807, 2.05) is 24.3 Å². The molecular formula is C18H22BrFO2Si. The second kappa shape index (κ2) is 7.49. The minimum Gasteiger partial charge on any atom is -0.512 e. The van der Waals surface area contributed by atoms with Crippen LogP contribution in [0.5, 0.6) is 11.5 Å². The largest absolute Gasteiger partial charge is 0.512 e. The topological polar surface area (TPSA) is 18.5 Å². The van der Waals surface area contributed by atoms with Crippen LogP contribution in [0.25, 0.3) is 0 Å². The van der Waals surface area contributed by atoms with Crippen LogP contribution in [0.3, 0.4) is 0 Å². The molecule has 2 aromatic rings. The molecule has 0 N–H and O–H groups in total. The molecule has 0 aliphatic rings. The lowest BCUT2D eigenvalue weighted by Gasteiger charge is -2.37. The summed E-state index contributed by atoms with van der Waals surface area (Å²) in [6.07, 6.45) is 0. The Balaban J connectivity index is 2.39. The Bertz CT molecular complexity index is 636. The molecule has 0 unspecified atom stereocenters. The first-order chi connectivity index (χ1) is 10.8. The first kappa shape index (κ1) is 18.0. The summed E-state index contributed by atoms with van der Waals surface area (Å²) in [6, 6.07) is 13.9. The number of hydrogen-bond donors (Lipinski definition) is 0. The van der Waals surface area contributed by atoms with Crippen LogP contribution < -0.4 is 8.85 Å². The summed E-state index contributed by atoms with van der Waals surface area (Å²) in [5, 5.41) is 0. The van der Waals surface area contributed by atoms with Gasteiger partial charge in [0.05, 0.1) is 4.47 Å².